The molecule has 0 saturated heterocycles. The van der Waals surface area contributed by atoms with Gasteiger partial charge in [0.1, 0.15) is 0 Å². The molecule has 2 rings (SSSR count). The van der Waals surface area contributed by atoms with Gasteiger partial charge in [0.05, 0.1) is 0 Å². The highest BCUT2D eigenvalue weighted by Gasteiger charge is 2.46. The quantitative estimate of drug-likeness (QED) is 0.507. The molecule has 0 N–H and O–H groups in total. The summed E-state index contributed by atoms with van der Waals surface area (Å²) in [6.45, 7) is 4.13. The first-order chi connectivity index (χ1) is 7.69. The monoisotopic (exact) mass is 218 g/mol. The minimum absolute atomic E-state index is 0.233. The Kier molecular flexibility index (Phi) is 3.32. The van der Waals surface area contributed by atoms with Crippen LogP contribution in [0.2, 0.25) is 0 Å². The van der Waals surface area contributed by atoms with E-state index in [1.807, 2.05) is 13.0 Å². The molecule has 1 fully saturated rings. The van der Waals surface area contributed by atoms with E-state index in [0.717, 1.165) is 6.42 Å². The fourth-order valence-corrected chi connectivity index (χ4v) is 3.74. The van der Waals surface area contributed by atoms with Crippen LogP contribution in [0.3, 0.4) is 0 Å². The van der Waals surface area contributed by atoms with Gasteiger partial charge >= 0.3 is 0 Å². The van der Waals surface area contributed by atoms with Gasteiger partial charge in [0, 0.05) is 5.92 Å². The van der Waals surface area contributed by atoms with Gasteiger partial charge in [-0.25, -0.2) is 0 Å². The number of hydrogen-bond acceptors (Lipinski definition) is 1. The molecule has 0 aromatic heterocycles. The Bertz CT molecular complexity index is 318. The lowest BCUT2D eigenvalue weighted by atomic mass is 9.62. The molecular formula is C15H22O. The maximum absolute atomic E-state index is 12.2. The summed E-state index contributed by atoms with van der Waals surface area (Å²) in [6, 6.07) is 0. The van der Waals surface area contributed by atoms with E-state index in [9.17, 15) is 4.79 Å². The summed E-state index contributed by atoms with van der Waals surface area (Å²) in [5, 5.41) is 0. The molecular weight excluding hydrogens is 196 g/mol. The Balaban J connectivity index is 2.29. The van der Waals surface area contributed by atoms with Crippen LogP contribution in [0.25, 0.3) is 0 Å². The maximum atomic E-state index is 12.2. The van der Waals surface area contributed by atoms with E-state index >= 15 is 0 Å². The van der Waals surface area contributed by atoms with Crippen LogP contribution < -0.4 is 0 Å². The van der Waals surface area contributed by atoms with E-state index in [1.54, 1.807) is 6.08 Å². The molecule has 0 amide bonds. The van der Waals surface area contributed by atoms with Crippen molar-refractivity contribution in [2.45, 2.75) is 46.0 Å². The molecule has 1 heteroatoms. The fourth-order valence-electron chi connectivity index (χ4n) is 3.74. The standard InChI is InChI=1S/C15H22O/c1-3-7-13(16)14-12(2)8-6-11-15(14)9-4-5-10-15/h3,6-8,12,14H,4-5,9-11H2,1-2H3/b7-3+/t12-,14+/m1/s1. The predicted octanol–water partition coefficient (Wildman–Crippen LogP) is 3.90. The van der Waals surface area contributed by atoms with Crippen LogP contribution in [0.15, 0.2) is 24.3 Å². The lowest BCUT2D eigenvalue weighted by molar-refractivity contribution is -0.124. The normalized spacial score (nSPS) is 32.6. The van der Waals surface area contributed by atoms with E-state index in [4.69, 9.17) is 0 Å². The number of hydrogen-bond donors (Lipinski definition) is 0. The minimum atomic E-state index is 0.233. The zero-order valence-electron chi connectivity index (χ0n) is 10.4. The average molecular weight is 218 g/mol. The second-order valence-corrected chi connectivity index (χ2v) is 5.44. The zero-order valence-corrected chi connectivity index (χ0v) is 10.4. The Morgan fingerprint density at radius 2 is 2.06 bits per heavy atom. The van der Waals surface area contributed by atoms with Crippen LogP contribution in [-0.4, -0.2) is 5.78 Å². The topological polar surface area (TPSA) is 17.1 Å². The Hall–Kier alpha value is -0.850. The first-order valence-electron chi connectivity index (χ1n) is 6.53. The Labute approximate surface area is 98.6 Å². The third-order valence-electron chi connectivity index (χ3n) is 4.39. The van der Waals surface area contributed by atoms with Crippen molar-refractivity contribution < 1.29 is 4.79 Å². The second-order valence-electron chi connectivity index (χ2n) is 5.44. The second kappa shape index (κ2) is 4.57. The van der Waals surface area contributed by atoms with Crippen molar-refractivity contribution >= 4 is 5.78 Å². The summed E-state index contributed by atoms with van der Waals surface area (Å²) in [5.41, 5.74) is 0.296. The molecule has 2 aliphatic rings. The van der Waals surface area contributed by atoms with Crippen LogP contribution in [0.4, 0.5) is 0 Å². The lowest BCUT2D eigenvalue weighted by Crippen LogP contribution is -2.38. The van der Waals surface area contributed by atoms with Crippen molar-refractivity contribution in [2.75, 3.05) is 0 Å². The van der Waals surface area contributed by atoms with E-state index in [2.05, 4.69) is 19.1 Å². The minimum Gasteiger partial charge on any atom is -0.295 e. The number of rotatable bonds is 2. The molecule has 88 valence electrons. The largest absolute Gasteiger partial charge is 0.295 e. The van der Waals surface area contributed by atoms with Crippen molar-refractivity contribution in [3.63, 3.8) is 0 Å². The van der Waals surface area contributed by atoms with Gasteiger partial charge in [0.2, 0.25) is 0 Å². The summed E-state index contributed by atoms with van der Waals surface area (Å²) in [7, 11) is 0. The van der Waals surface area contributed by atoms with Gasteiger partial charge in [0.25, 0.3) is 0 Å². The third kappa shape index (κ3) is 1.88. The van der Waals surface area contributed by atoms with Crippen LogP contribution >= 0.6 is 0 Å². The molecule has 1 spiro atoms. The van der Waals surface area contributed by atoms with Crippen molar-refractivity contribution in [2.24, 2.45) is 17.3 Å². The maximum Gasteiger partial charge on any atom is 0.159 e. The van der Waals surface area contributed by atoms with Gasteiger partial charge in [-0.15, -0.1) is 0 Å². The first-order valence-corrected chi connectivity index (χ1v) is 6.53. The van der Waals surface area contributed by atoms with E-state index in [-0.39, 0.29) is 5.92 Å². The van der Waals surface area contributed by atoms with Gasteiger partial charge in [-0.1, -0.05) is 38.0 Å². The number of allylic oxidation sites excluding steroid dienone is 4. The smallest absolute Gasteiger partial charge is 0.159 e. The molecule has 1 nitrogen and oxygen atoms in total. The number of ketones is 1. The van der Waals surface area contributed by atoms with Gasteiger partial charge in [-0.05, 0) is 43.6 Å². The molecule has 2 atom stereocenters. The predicted molar refractivity (Wildman–Crippen MR) is 67.1 cm³/mol. The SMILES string of the molecule is C/C=C/C(=O)[C@@H]1[C@H](C)C=CCC12CCCC2. The van der Waals surface area contributed by atoms with Gasteiger partial charge in [-0.2, -0.15) is 0 Å². The average Bonchev–Trinajstić information content (AvgIpc) is 2.67. The molecule has 0 aromatic carbocycles. The molecule has 0 bridgehead atoms. The highest BCUT2D eigenvalue weighted by molar-refractivity contribution is 5.92. The summed E-state index contributed by atoms with van der Waals surface area (Å²) in [4.78, 5) is 12.2. The summed E-state index contributed by atoms with van der Waals surface area (Å²) in [6.07, 6.45) is 14.4. The molecule has 0 unspecified atom stereocenters. The van der Waals surface area contributed by atoms with E-state index < -0.39 is 0 Å². The molecule has 16 heavy (non-hydrogen) atoms. The molecule has 2 aliphatic carbocycles. The fraction of sp³-hybridized carbons (Fsp3) is 0.667. The summed E-state index contributed by atoms with van der Waals surface area (Å²) < 4.78 is 0. The van der Waals surface area contributed by atoms with Crippen LogP contribution in [-0.2, 0) is 4.79 Å². The van der Waals surface area contributed by atoms with Crippen LogP contribution in [0.5, 0.6) is 0 Å². The highest BCUT2D eigenvalue weighted by atomic mass is 16.1. The van der Waals surface area contributed by atoms with Gasteiger partial charge < -0.3 is 0 Å². The Morgan fingerprint density at radius 3 is 2.69 bits per heavy atom. The van der Waals surface area contributed by atoms with Crippen molar-refractivity contribution in [1.29, 1.82) is 0 Å². The van der Waals surface area contributed by atoms with E-state index in [1.165, 1.54) is 25.7 Å². The highest BCUT2D eigenvalue weighted by Crippen LogP contribution is 2.52. The van der Waals surface area contributed by atoms with Crippen molar-refractivity contribution in [3.8, 4) is 0 Å². The Morgan fingerprint density at radius 1 is 1.38 bits per heavy atom. The summed E-state index contributed by atoms with van der Waals surface area (Å²) in [5.74, 6) is 0.994. The van der Waals surface area contributed by atoms with Crippen molar-refractivity contribution in [3.05, 3.63) is 24.3 Å². The molecule has 0 aliphatic heterocycles. The third-order valence-corrected chi connectivity index (χ3v) is 4.39. The number of carbonyl (C=O) groups excluding carboxylic acids is 1. The molecule has 0 radical (unpaired) electrons. The first kappa shape index (κ1) is 11.6. The lowest BCUT2D eigenvalue weighted by Gasteiger charge is -2.41. The molecule has 0 aromatic rings. The van der Waals surface area contributed by atoms with Crippen LogP contribution in [0.1, 0.15) is 46.0 Å². The van der Waals surface area contributed by atoms with Crippen molar-refractivity contribution in [1.82, 2.24) is 0 Å². The molecule has 0 heterocycles. The van der Waals surface area contributed by atoms with Crippen LogP contribution in [0, 0.1) is 17.3 Å². The van der Waals surface area contributed by atoms with Gasteiger partial charge in [-0.3, -0.25) is 4.79 Å². The van der Waals surface area contributed by atoms with Gasteiger partial charge in [0.15, 0.2) is 5.78 Å². The summed E-state index contributed by atoms with van der Waals surface area (Å²) >= 11 is 0. The number of carbonyl (C=O) groups is 1. The van der Waals surface area contributed by atoms with E-state index in [0.29, 0.717) is 17.1 Å². The zero-order chi connectivity index (χ0) is 11.6. The molecule has 1 saturated carbocycles.